The molecule has 0 radical (unpaired) electrons. The van der Waals surface area contributed by atoms with E-state index in [4.69, 9.17) is 17.0 Å². The highest BCUT2D eigenvalue weighted by Gasteiger charge is 2.30. The first-order chi connectivity index (χ1) is 11.7. The number of ether oxygens (including phenoxy) is 1. The zero-order valence-electron chi connectivity index (χ0n) is 12.6. The average molecular weight is 433 g/mol. The lowest BCUT2D eigenvalue weighted by Crippen LogP contribution is -2.37. The fourth-order valence-corrected chi connectivity index (χ4v) is 2.27. The van der Waals surface area contributed by atoms with Gasteiger partial charge in [0.15, 0.2) is 11.7 Å². The van der Waals surface area contributed by atoms with E-state index in [-0.39, 0.29) is 17.4 Å². The number of benzene rings is 2. The molecule has 9 heteroatoms. The summed E-state index contributed by atoms with van der Waals surface area (Å²) in [5.74, 6) is -0.0394. The van der Waals surface area contributed by atoms with Crippen LogP contribution in [0.4, 0.5) is 18.9 Å². The molecule has 2 aromatic carbocycles. The van der Waals surface area contributed by atoms with Gasteiger partial charge in [0.1, 0.15) is 5.75 Å². The van der Waals surface area contributed by atoms with Gasteiger partial charge in [0, 0.05) is 10.2 Å². The van der Waals surface area contributed by atoms with E-state index in [2.05, 4.69) is 26.6 Å². The van der Waals surface area contributed by atoms with Crippen LogP contribution in [0.25, 0.3) is 0 Å². The standard InChI is InChI=1S/C16H12BrF3N2O2S/c17-11-4-6-13(7-5-11)24-9-14(23)22-15(25)21-12-3-1-2-10(8-12)16(18,19)20/h1-8H,9H2,(H2,21,22,23,25). The number of hydrogen-bond donors (Lipinski definition) is 2. The molecule has 0 aliphatic rings. The maximum Gasteiger partial charge on any atom is 0.416 e. The van der Waals surface area contributed by atoms with Crippen molar-refractivity contribution in [2.75, 3.05) is 11.9 Å². The first-order valence-corrected chi connectivity index (χ1v) is 8.10. The molecule has 0 bridgehead atoms. The topological polar surface area (TPSA) is 50.4 Å². The van der Waals surface area contributed by atoms with Crippen LogP contribution in [0.1, 0.15) is 5.56 Å². The summed E-state index contributed by atoms with van der Waals surface area (Å²) in [7, 11) is 0. The Morgan fingerprint density at radius 2 is 1.84 bits per heavy atom. The van der Waals surface area contributed by atoms with Gasteiger partial charge in [-0.25, -0.2) is 0 Å². The van der Waals surface area contributed by atoms with Crippen LogP contribution < -0.4 is 15.4 Å². The van der Waals surface area contributed by atoms with E-state index in [0.29, 0.717) is 5.75 Å². The lowest BCUT2D eigenvalue weighted by Gasteiger charge is -2.12. The van der Waals surface area contributed by atoms with Gasteiger partial charge in [-0.15, -0.1) is 0 Å². The summed E-state index contributed by atoms with van der Waals surface area (Å²) < 4.78 is 44.1. The number of alkyl halides is 3. The summed E-state index contributed by atoms with van der Waals surface area (Å²) in [6.07, 6.45) is -4.46. The van der Waals surface area contributed by atoms with Gasteiger partial charge in [-0.3, -0.25) is 10.1 Å². The Hall–Kier alpha value is -2.13. The van der Waals surface area contributed by atoms with Crippen molar-refractivity contribution < 1.29 is 22.7 Å². The first-order valence-electron chi connectivity index (χ1n) is 6.90. The summed E-state index contributed by atoms with van der Waals surface area (Å²) in [6.45, 7) is -0.286. The van der Waals surface area contributed by atoms with Gasteiger partial charge in [-0.2, -0.15) is 13.2 Å². The molecule has 0 heterocycles. The molecule has 25 heavy (non-hydrogen) atoms. The number of hydrogen-bond acceptors (Lipinski definition) is 3. The number of halogens is 4. The smallest absolute Gasteiger partial charge is 0.416 e. The normalized spacial score (nSPS) is 10.9. The molecule has 2 N–H and O–H groups in total. The summed E-state index contributed by atoms with van der Waals surface area (Å²) in [4.78, 5) is 11.8. The molecule has 0 aliphatic carbocycles. The predicted molar refractivity (Wildman–Crippen MR) is 95.4 cm³/mol. The predicted octanol–water partition coefficient (Wildman–Crippen LogP) is 4.36. The van der Waals surface area contributed by atoms with E-state index >= 15 is 0 Å². The Balaban J connectivity index is 1.85. The van der Waals surface area contributed by atoms with Crippen molar-refractivity contribution >= 4 is 44.9 Å². The molecule has 132 valence electrons. The summed E-state index contributed by atoms with van der Waals surface area (Å²) in [5, 5.41) is 4.74. The maximum absolute atomic E-state index is 12.7. The quantitative estimate of drug-likeness (QED) is 0.704. The molecule has 2 aromatic rings. The minimum absolute atomic E-state index is 0.119. The van der Waals surface area contributed by atoms with E-state index in [1.54, 1.807) is 24.3 Å². The van der Waals surface area contributed by atoms with E-state index in [1.165, 1.54) is 12.1 Å². The van der Waals surface area contributed by atoms with Gasteiger partial charge < -0.3 is 10.1 Å². The minimum atomic E-state index is -4.46. The van der Waals surface area contributed by atoms with Crippen molar-refractivity contribution in [3.63, 3.8) is 0 Å². The Bertz CT molecular complexity index is 767. The van der Waals surface area contributed by atoms with Gasteiger partial charge >= 0.3 is 6.18 Å². The van der Waals surface area contributed by atoms with E-state index in [1.807, 2.05) is 0 Å². The van der Waals surface area contributed by atoms with Crippen LogP contribution in [-0.4, -0.2) is 17.6 Å². The molecule has 0 fully saturated rings. The van der Waals surface area contributed by atoms with Crippen LogP contribution in [-0.2, 0) is 11.0 Å². The summed E-state index contributed by atoms with van der Waals surface area (Å²) in [6, 6.07) is 11.4. The van der Waals surface area contributed by atoms with Crippen LogP contribution in [0, 0.1) is 0 Å². The Morgan fingerprint density at radius 3 is 2.48 bits per heavy atom. The van der Waals surface area contributed by atoms with Crippen molar-refractivity contribution in [2.45, 2.75) is 6.18 Å². The highest BCUT2D eigenvalue weighted by Crippen LogP contribution is 2.30. The summed E-state index contributed by atoms with van der Waals surface area (Å²) in [5.41, 5.74) is -0.695. The molecule has 2 rings (SSSR count). The summed E-state index contributed by atoms with van der Waals surface area (Å²) >= 11 is 8.19. The second-order valence-electron chi connectivity index (χ2n) is 4.82. The van der Waals surface area contributed by atoms with E-state index in [9.17, 15) is 18.0 Å². The van der Waals surface area contributed by atoms with Crippen molar-refractivity contribution in [1.82, 2.24) is 5.32 Å². The molecule has 0 saturated carbocycles. The monoisotopic (exact) mass is 432 g/mol. The Kier molecular flexibility index (Phi) is 6.38. The zero-order chi connectivity index (χ0) is 18.4. The molecule has 1 amide bonds. The molecular weight excluding hydrogens is 421 g/mol. The number of amides is 1. The SMILES string of the molecule is O=C(COc1ccc(Br)cc1)NC(=S)Nc1cccc(C(F)(F)F)c1. The molecule has 0 aliphatic heterocycles. The van der Waals surface area contributed by atoms with Crippen LogP contribution in [0.3, 0.4) is 0 Å². The maximum atomic E-state index is 12.7. The number of rotatable bonds is 4. The number of thiocarbonyl (C=S) groups is 1. The number of nitrogens with one attached hydrogen (secondary N) is 2. The van der Waals surface area contributed by atoms with E-state index in [0.717, 1.165) is 16.6 Å². The van der Waals surface area contributed by atoms with Gasteiger partial charge in [-0.05, 0) is 54.7 Å². The lowest BCUT2D eigenvalue weighted by atomic mass is 10.2. The van der Waals surface area contributed by atoms with Crippen molar-refractivity contribution in [3.8, 4) is 5.75 Å². The number of carbonyl (C=O) groups is 1. The molecule has 0 spiro atoms. The van der Waals surface area contributed by atoms with Gasteiger partial charge in [0.05, 0.1) is 5.56 Å². The second kappa shape index (κ2) is 8.30. The van der Waals surface area contributed by atoms with Crippen LogP contribution in [0.5, 0.6) is 5.75 Å². The third kappa shape index (κ3) is 6.35. The minimum Gasteiger partial charge on any atom is -0.484 e. The van der Waals surface area contributed by atoms with Crippen molar-refractivity contribution in [2.24, 2.45) is 0 Å². The number of anilines is 1. The van der Waals surface area contributed by atoms with Crippen LogP contribution >= 0.6 is 28.1 Å². The highest BCUT2D eigenvalue weighted by molar-refractivity contribution is 9.10. The lowest BCUT2D eigenvalue weighted by molar-refractivity contribution is -0.137. The van der Waals surface area contributed by atoms with Crippen molar-refractivity contribution in [1.29, 1.82) is 0 Å². The van der Waals surface area contributed by atoms with Crippen LogP contribution in [0.2, 0.25) is 0 Å². The molecule has 0 unspecified atom stereocenters. The fourth-order valence-electron chi connectivity index (χ4n) is 1.78. The van der Waals surface area contributed by atoms with Gasteiger partial charge in [0.25, 0.3) is 5.91 Å². The van der Waals surface area contributed by atoms with E-state index < -0.39 is 17.6 Å². The highest BCUT2D eigenvalue weighted by atomic mass is 79.9. The largest absolute Gasteiger partial charge is 0.484 e. The number of carbonyl (C=O) groups excluding carboxylic acids is 1. The van der Waals surface area contributed by atoms with Crippen molar-refractivity contribution in [3.05, 3.63) is 58.6 Å². The zero-order valence-corrected chi connectivity index (χ0v) is 15.0. The average Bonchev–Trinajstić information content (AvgIpc) is 2.53. The first kappa shape index (κ1) is 19.2. The van der Waals surface area contributed by atoms with Crippen LogP contribution in [0.15, 0.2) is 53.0 Å². The Morgan fingerprint density at radius 1 is 1.16 bits per heavy atom. The molecule has 4 nitrogen and oxygen atoms in total. The van der Waals surface area contributed by atoms with Gasteiger partial charge in [0.2, 0.25) is 0 Å². The van der Waals surface area contributed by atoms with Gasteiger partial charge in [-0.1, -0.05) is 22.0 Å². The molecule has 0 atom stereocenters. The third-order valence-corrected chi connectivity index (χ3v) is 3.62. The Labute approximate surface area is 155 Å². The molecule has 0 saturated heterocycles. The fraction of sp³-hybridized carbons (Fsp3) is 0.125. The second-order valence-corrected chi connectivity index (χ2v) is 6.15. The molecular formula is C16H12BrF3N2O2S. The molecule has 0 aromatic heterocycles. The third-order valence-electron chi connectivity index (χ3n) is 2.88.